The molecule has 2 nitrogen and oxygen atoms in total. The monoisotopic (exact) mass is 238 g/mol. The van der Waals surface area contributed by atoms with Crippen LogP contribution in [-0.4, -0.2) is 29.1 Å². The van der Waals surface area contributed by atoms with Crippen LogP contribution in [0.2, 0.25) is 0 Å². The summed E-state index contributed by atoms with van der Waals surface area (Å²) in [5, 5.41) is 0. The van der Waals surface area contributed by atoms with E-state index in [4.69, 9.17) is 5.73 Å². The van der Waals surface area contributed by atoms with Gasteiger partial charge in [-0.3, -0.25) is 4.90 Å². The first-order chi connectivity index (χ1) is 7.92. The highest BCUT2D eigenvalue weighted by Crippen LogP contribution is 2.46. The van der Waals surface area contributed by atoms with E-state index in [0.29, 0.717) is 5.54 Å². The summed E-state index contributed by atoms with van der Waals surface area (Å²) in [4.78, 5) is 2.76. The second-order valence-corrected chi connectivity index (χ2v) is 7.16. The Morgan fingerprint density at radius 1 is 1.24 bits per heavy atom. The molecule has 1 aliphatic heterocycles. The van der Waals surface area contributed by atoms with Gasteiger partial charge in [-0.05, 0) is 64.3 Å². The minimum atomic E-state index is 0.284. The van der Waals surface area contributed by atoms with Crippen molar-refractivity contribution in [1.29, 1.82) is 0 Å². The number of hydrogen-bond acceptors (Lipinski definition) is 2. The maximum absolute atomic E-state index is 6.23. The number of nitrogens with two attached hydrogens (primary N) is 1. The van der Waals surface area contributed by atoms with Gasteiger partial charge in [0.05, 0.1) is 0 Å². The summed E-state index contributed by atoms with van der Waals surface area (Å²) in [6, 6.07) is 0. The van der Waals surface area contributed by atoms with E-state index in [2.05, 4.69) is 32.6 Å². The molecule has 0 amide bonds. The van der Waals surface area contributed by atoms with E-state index in [1.807, 2.05) is 0 Å². The lowest BCUT2D eigenvalue weighted by Crippen LogP contribution is -2.63. The zero-order valence-electron chi connectivity index (χ0n) is 12.1. The van der Waals surface area contributed by atoms with E-state index >= 15 is 0 Å². The van der Waals surface area contributed by atoms with E-state index in [9.17, 15) is 0 Å². The van der Waals surface area contributed by atoms with Crippen LogP contribution in [0.5, 0.6) is 0 Å². The molecule has 1 saturated heterocycles. The Bertz CT molecular complexity index is 274. The lowest BCUT2D eigenvalue weighted by atomic mass is 9.68. The van der Waals surface area contributed by atoms with Crippen molar-refractivity contribution >= 4 is 0 Å². The normalized spacial score (nSPS) is 42.9. The summed E-state index contributed by atoms with van der Waals surface area (Å²) in [7, 11) is 0. The molecule has 1 saturated carbocycles. The van der Waals surface area contributed by atoms with Crippen molar-refractivity contribution in [2.24, 2.45) is 17.6 Å². The molecular weight excluding hydrogens is 208 g/mol. The Kier molecular flexibility index (Phi) is 3.57. The smallest absolute Gasteiger partial charge is 0.0362 e. The lowest BCUT2D eigenvalue weighted by molar-refractivity contribution is -0.0372. The largest absolute Gasteiger partial charge is 0.329 e. The summed E-state index contributed by atoms with van der Waals surface area (Å²) in [5.41, 5.74) is 6.87. The Balaban J connectivity index is 2.25. The van der Waals surface area contributed by atoms with Gasteiger partial charge in [-0.15, -0.1) is 0 Å². The third-order valence-corrected chi connectivity index (χ3v) is 5.54. The summed E-state index contributed by atoms with van der Waals surface area (Å²) < 4.78 is 0. The van der Waals surface area contributed by atoms with Crippen molar-refractivity contribution in [1.82, 2.24) is 4.90 Å². The highest BCUT2D eigenvalue weighted by atomic mass is 15.3. The van der Waals surface area contributed by atoms with Gasteiger partial charge >= 0.3 is 0 Å². The van der Waals surface area contributed by atoms with Gasteiger partial charge in [0, 0.05) is 17.6 Å². The average molecular weight is 238 g/mol. The van der Waals surface area contributed by atoms with Crippen LogP contribution >= 0.6 is 0 Å². The summed E-state index contributed by atoms with van der Waals surface area (Å²) in [5.74, 6) is 1.63. The molecule has 2 N–H and O–H groups in total. The minimum absolute atomic E-state index is 0.284. The fourth-order valence-electron chi connectivity index (χ4n) is 4.43. The molecule has 0 bridgehead atoms. The minimum Gasteiger partial charge on any atom is -0.329 e. The van der Waals surface area contributed by atoms with E-state index in [0.717, 1.165) is 18.4 Å². The van der Waals surface area contributed by atoms with Crippen LogP contribution < -0.4 is 5.73 Å². The SMILES string of the molecule is CC1CCC(CN)(N2CCCC2(C)C)C(C)C1. The summed E-state index contributed by atoms with van der Waals surface area (Å²) in [6.45, 7) is 11.7. The lowest BCUT2D eigenvalue weighted by Gasteiger charge is -2.54. The van der Waals surface area contributed by atoms with Crippen LogP contribution in [0.25, 0.3) is 0 Å². The molecule has 0 radical (unpaired) electrons. The van der Waals surface area contributed by atoms with E-state index in [1.165, 1.54) is 38.6 Å². The Labute approximate surface area is 107 Å². The summed E-state index contributed by atoms with van der Waals surface area (Å²) >= 11 is 0. The van der Waals surface area contributed by atoms with E-state index in [1.54, 1.807) is 0 Å². The predicted octanol–water partition coefficient (Wildman–Crippen LogP) is 3.01. The maximum Gasteiger partial charge on any atom is 0.0362 e. The maximum atomic E-state index is 6.23. The standard InChI is InChI=1S/C15H30N2/c1-12-6-8-15(11-16,13(2)10-12)17-9-5-7-14(17,3)4/h12-13H,5-11,16H2,1-4H3. The van der Waals surface area contributed by atoms with E-state index in [-0.39, 0.29) is 5.54 Å². The van der Waals surface area contributed by atoms with Gasteiger partial charge in [0.1, 0.15) is 0 Å². The zero-order valence-corrected chi connectivity index (χ0v) is 12.1. The van der Waals surface area contributed by atoms with Gasteiger partial charge in [0.25, 0.3) is 0 Å². The highest BCUT2D eigenvalue weighted by molar-refractivity contribution is 5.06. The van der Waals surface area contributed by atoms with Crippen LogP contribution in [0.4, 0.5) is 0 Å². The molecule has 0 aromatic rings. The third-order valence-electron chi connectivity index (χ3n) is 5.54. The fraction of sp³-hybridized carbons (Fsp3) is 1.00. The second kappa shape index (κ2) is 4.55. The van der Waals surface area contributed by atoms with Crippen LogP contribution in [0.3, 0.4) is 0 Å². The molecular formula is C15H30N2. The molecule has 17 heavy (non-hydrogen) atoms. The van der Waals surface area contributed by atoms with Crippen LogP contribution in [0, 0.1) is 11.8 Å². The van der Waals surface area contributed by atoms with Crippen molar-refractivity contribution in [2.75, 3.05) is 13.1 Å². The highest BCUT2D eigenvalue weighted by Gasteiger charge is 2.50. The topological polar surface area (TPSA) is 29.3 Å². The number of nitrogens with zero attached hydrogens (tertiary/aromatic N) is 1. The molecule has 0 spiro atoms. The van der Waals surface area contributed by atoms with Gasteiger partial charge in [0.15, 0.2) is 0 Å². The van der Waals surface area contributed by atoms with Crippen molar-refractivity contribution in [2.45, 2.75) is 70.9 Å². The van der Waals surface area contributed by atoms with Gasteiger partial charge in [-0.2, -0.15) is 0 Å². The molecule has 3 unspecified atom stereocenters. The first-order valence-electron chi connectivity index (χ1n) is 7.40. The summed E-state index contributed by atoms with van der Waals surface area (Å²) in [6.07, 6.45) is 6.68. The average Bonchev–Trinajstić information content (AvgIpc) is 2.60. The number of likely N-dealkylation sites (tertiary alicyclic amines) is 1. The van der Waals surface area contributed by atoms with Gasteiger partial charge in [-0.25, -0.2) is 0 Å². The molecule has 0 aromatic heterocycles. The van der Waals surface area contributed by atoms with Gasteiger partial charge in [-0.1, -0.05) is 13.8 Å². The quantitative estimate of drug-likeness (QED) is 0.801. The Morgan fingerprint density at radius 2 is 1.94 bits per heavy atom. The molecule has 2 rings (SSSR count). The van der Waals surface area contributed by atoms with Crippen molar-refractivity contribution < 1.29 is 0 Å². The van der Waals surface area contributed by atoms with Gasteiger partial charge < -0.3 is 5.73 Å². The van der Waals surface area contributed by atoms with Crippen LogP contribution in [0.1, 0.15) is 59.8 Å². The van der Waals surface area contributed by atoms with Gasteiger partial charge in [0.2, 0.25) is 0 Å². The third kappa shape index (κ3) is 2.15. The van der Waals surface area contributed by atoms with E-state index < -0.39 is 0 Å². The van der Waals surface area contributed by atoms with Crippen LogP contribution in [0.15, 0.2) is 0 Å². The van der Waals surface area contributed by atoms with Crippen molar-refractivity contribution in [3.63, 3.8) is 0 Å². The number of rotatable bonds is 2. The molecule has 1 heterocycles. The molecule has 0 aromatic carbocycles. The van der Waals surface area contributed by atoms with Crippen LogP contribution in [-0.2, 0) is 0 Å². The van der Waals surface area contributed by atoms with Crippen molar-refractivity contribution in [3.8, 4) is 0 Å². The molecule has 2 fully saturated rings. The molecule has 100 valence electrons. The zero-order chi connectivity index (χ0) is 12.7. The Morgan fingerprint density at radius 3 is 2.41 bits per heavy atom. The molecule has 3 atom stereocenters. The Hall–Kier alpha value is -0.0800. The first-order valence-corrected chi connectivity index (χ1v) is 7.40. The molecule has 2 aliphatic rings. The molecule has 1 aliphatic carbocycles. The predicted molar refractivity (Wildman–Crippen MR) is 74.0 cm³/mol. The number of hydrogen-bond donors (Lipinski definition) is 1. The first kappa shape index (κ1) is 13.4. The second-order valence-electron chi connectivity index (χ2n) is 7.16. The molecule has 2 heteroatoms. The fourth-order valence-corrected chi connectivity index (χ4v) is 4.43. The van der Waals surface area contributed by atoms with Crippen molar-refractivity contribution in [3.05, 3.63) is 0 Å².